The number of aldehydes is 1. The first-order chi connectivity index (χ1) is 10.6. The molecule has 2 aromatic heterocycles. The molecule has 0 saturated carbocycles. The van der Waals surface area contributed by atoms with E-state index in [0.717, 1.165) is 5.52 Å². The van der Waals surface area contributed by atoms with Crippen LogP contribution in [0.2, 0.25) is 10.0 Å². The minimum atomic E-state index is -0.368. The number of halogens is 2. The van der Waals surface area contributed by atoms with E-state index in [4.69, 9.17) is 27.9 Å². The number of nitrogens with zero attached hydrogens (tertiary/aromatic N) is 2. The van der Waals surface area contributed by atoms with Gasteiger partial charge in [0.2, 0.25) is 0 Å². The van der Waals surface area contributed by atoms with Crippen LogP contribution >= 0.6 is 23.2 Å². The molecule has 2 heterocycles. The zero-order valence-corrected chi connectivity index (χ0v) is 13.0. The van der Waals surface area contributed by atoms with Gasteiger partial charge in [0, 0.05) is 23.3 Å². The Labute approximate surface area is 136 Å². The third kappa shape index (κ3) is 2.65. The summed E-state index contributed by atoms with van der Waals surface area (Å²) in [5.41, 5.74) is 1.77. The van der Waals surface area contributed by atoms with Crippen molar-refractivity contribution in [3.63, 3.8) is 0 Å². The van der Waals surface area contributed by atoms with E-state index in [0.29, 0.717) is 38.7 Å². The zero-order valence-electron chi connectivity index (χ0n) is 11.5. The van der Waals surface area contributed by atoms with Crippen LogP contribution in [0.4, 0.5) is 0 Å². The van der Waals surface area contributed by atoms with Crippen LogP contribution in [0.15, 0.2) is 30.6 Å². The van der Waals surface area contributed by atoms with E-state index in [1.807, 2.05) is 6.92 Å². The number of hydrogen-bond donors (Lipinski definition) is 1. The second kappa shape index (κ2) is 5.94. The Bertz CT molecular complexity index is 828. The molecular weight excluding hydrogens is 325 g/mol. The summed E-state index contributed by atoms with van der Waals surface area (Å²) in [4.78, 5) is 14.9. The summed E-state index contributed by atoms with van der Waals surface area (Å²) in [6, 6.07) is 5.34. The van der Waals surface area contributed by atoms with Crippen molar-refractivity contribution in [1.29, 1.82) is 0 Å². The zero-order chi connectivity index (χ0) is 15.7. The lowest BCUT2D eigenvalue weighted by atomic mass is 10.1. The molecule has 0 aliphatic rings. The van der Waals surface area contributed by atoms with Gasteiger partial charge in [0.15, 0.2) is 6.29 Å². The number of carbonyl (C=O) groups is 1. The van der Waals surface area contributed by atoms with Crippen molar-refractivity contribution >= 4 is 40.4 Å². The average molecular weight is 336 g/mol. The molecule has 1 N–H and O–H groups in total. The first kappa shape index (κ1) is 14.8. The molecule has 3 aromatic rings. The van der Waals surface area contributed by atoms with Crippen molar-refractivity contribution in [3.05, 3.63) is 51.9 Å². The molecular formula is C15H11Cl2N3O2. The van der Waals surface area contributed by atoms with Gasteiger partial charge in [-0.1, -0.05) is 23.2 Å². The highest BCUT2D eigenvalue weighted by molar-refractivity contribution is 6.35. The molecule has 0 radical (unpaired) electrons. The highest BCUT2D eigenvalue weighted by atomic mass is 35.5. The van der Waals surface area contributed by atoms with Gasteiger partial charge in [-0.2, -0.15) is 5.10 Å². The van der Waals surface area contributed by atoms with Crippen LogP contribution in [0, 0.1) is 0 Å². The van der Waals surface area contributed by atoms with Crippen molar-refractivity contribution in [1.82, 2.24) is 15.2 Å². The van der Waals surface area contributed by atoms with Gasteiger partial charge in [-0.15, -0.1) is 0 Å². The maximum absolute atomic E-state index is 11.0. The third-order valence-corrected chi connectivity index (χ3v) is 3.89. The number of nitrogens with one attached hydrogen (secondary N) is 1. The number of rotatable bonds is 4. The number of carbonyl (C=O) groups excluding carboxylic acids is 1. The summed E-state index contributed by atoms with van der Waals surface area (Å²) in [6.45, 7) is 1.84. The number of hydrogen-bond acceptors (Lipinski definition) is 4. The molecule has 5 nitrogen and oxygen atoms in total. The van der Waals surface area contributed by atoms with Crippen LogP contribution in [0.3, 0.4) is 0 Å². The van der Waals surface area contributed by atoms with E-state index in [1.54, 1.807) is 18.2 Å². The number of pyridine rings is 1. The molecule has 0 fully saturated rings. The summed E-state index contributed by atoms with van der Waals surface area (Å²) in [5, 5.41) is 8.29. The van der Waals surface area contributed by atoms with E-state index < -0.39 is 0 Å². The van der Waals surface area contributed by atoms with E-state index in [-0.39, 0.29) is 6.10 Å². The van der Waals surface area contributed by atoms with Gasteiger partial charge in [-0.05, 0) is 25.1 Å². The molecule has 0 spiro atoms. The Hall–Kier alpha value is -2.11. The quantitative estimate of drug-likeness (QED) is 0.725. The summed E-state index contributed by atoms with van der Waals surface area (Å²) in [6.07, 6.45) is 3.37. The predicted molar refractivity (Wildman–Crippen MR) is 84.8 cm³/mol. The molecule has 1 unspecified atom stereocenters. The largest absolute Gasteiger partial charge is 0.486 e. The van der Waals surface area contributed by atoms with Gasteiger partial charge in [0.25, 0.3) is 0 Å². The molecule has 0 saturated heterocycles. The second-order valence-corrected chi connectivity index (χ2v) is 5.53. The number of benzene rings is 1. The molecule has 7 heteroatoms. The minimum Gasteiger partial charge on any atom is -0.486 e. The van der Waals surface area contributed by atoms with Crippen molar-refractivity contribution in [3.8, 4) is 5.75 Å². The van der Waals surface area contributed by atoms with Gasteiger partial charge in [-0.25, -0.2) is 0 Å². The normalized spacial score (nSPS) is 12.3. The molecule has 1 aromatic carbocycles. The van der Waals surface area contributed by atoms with Crippen LogP contribution in [0.5, 0.6) is 5.75 Å². The Balaban J connectivity index is 1.94. The number of fused-ring (bicyclic) bond motifs is 1. The molecule has 0 bridgehead atoms. The fourth-order valence-electron chi connectivity index (χ4n) is 2.25. The maximum atomic E-state index is 11.0. The fraction of sp³-hybridized carbons (Fsp3) is 0.133. The minimum absolute atomic E-state index is 0.341. The Morgan fingerprint density at radius 2 is 2.00 bits per heavy atom. The molecule has 112 valence electrons. The molecule has 0 aliphatic heterocycles. The Morgan fingerprint density at radius 3 is 2.68 bits per heavy atom. The summed E-state index contributed by atoms with van der Waals surface area (Å²) >= 11 is 12.3. The molecule has 1 atom stereocenters. The first-order valence-electron chi connectivity index (χ1n) is 6.49. The number of ether oxygens (including phenoxy) is 1. The SMILES string of the molecule is CC(Oc1ccc2[nH]nc(C=O)c2c1)c1c(Cl)cncc1Cl. The molecule has 0 aliphatic carbocycles. The van der Waals surface area contributed by atoms with E-state index in [9.17, 15) is 4.79 Å². The second-order valence-electron chi connectivity index (χ2n) is 4.71. The van der Waals surface area contributed by atoms with Gasteiger partial charge < -0.3 is 4.74 Å². The lowest BCUT2D eigenvalue weighted by molar-refractivity contribution is 0.112. The average Bonchev–Trinajstić information content (AvgIpc) is 2.89. The van der Waals surface area contributed by atoms with E-state index in [2.05, 4.69) is 15.2 Å². The first-order valence-corrected chi connectivity index (χ1v) is 7.24. The lowest BCUT2D eigenvalue weighted by Crippen LogP contribution is -2.05. The van der Waals surface area contributed by atoms with Gasteiger partial charge in [0.1, 0.15) is 17.5 Å². The summed E-state index contributed by atoms with van der Waals surface area (Å²) < 4.78 is 5.88. The van der Waals surface area contributed by atoms with Crippen LogP contribution in [-0.4, -0.2) is 21.5 Å². The highest BCUT2D eigenvalue weighted by Gasteiger charge is 2.16. The van der Waals surface area contributed by atoms with Gasteiger partial charge >= 0.3 is 0 Å². The number of aromatic amines is 1. The number of H-pyrrole nitrogens is 1. The maximum Gasteiger partial charge on any atom is 0.170 e. The predicted octanol–water partition coefficient (Wildman–Crippen LogP) is 4.22. The van der Waals surface area contributed by atoms with Gasteiger partial charge in [0.05, 0.1) is 15.6 Å². The number of aromatic nitrogens is 3. The van der Waals surface area contributed by atoms with Crippen LogP contribution < -0.4 is 4.74 Å². The summed E-state index contributed by atoms with van der Waals surface area (Å²) in [5.74, 6) is 0.591. The highest BCUT2D eigenvalue weighted by Crippen LogP contribution is 2.33. The van der Waals surface area contributed by atoms with Crippen molar-refractivity contribution in [2.75, 3.05) is 0 Å². The lowest BCUT2D eigenvalue weighted by Gasteiger charge is -2.17. The Kier molecular flexibility index (Phi) is 4.00. The van der Waals surface area contributed by atoms with Crippen molar-refractivity contribution < 1.29 is 9.53 Å². The van der Waals surface area contributed by atoms with Crippen molar-refractivity contribution in [2.24, 2.45) is 0 Å². The van der Waals surface area contributed by atoms with E-state index in [1.165, 1.54) is 12.4 Å². The van der Waals surface area contributed by atoms with Gasteiger partial charge in [-0.3, -0.25) is 14.9 Å². The standard InChI is InChI=1S/C15H11Cl2N3O2/c1-8(15-11(16)5-18-6-12(15)17)22-9-2-3-13-10(4-9)14(7-21)20-19-13/h2-8H,1H3,(H,19,20). The molecule has 3 rings (SSSR count). The Morgan fingerprint density at radius 1 is 1.27 bits per heavy atom. The van der Waals surface area contributed by atoms with Crippen molar-refractivity contribution in [2.45, 2.75) is 13.0 Å². The summed E-state index contributed by atoms with van der Waals surface area (Å²) in [7, 11) is 0. The molecule has 22 heavy (non-hydrogen) atoms. The fourth-order valence-corrected chi connectivity index (χ4v) is 2.92. The van der Waals surface area contributed by atoms with Crippen LogP contribution in [0.25, 0.3) is 10.9 Å². The van der Waals surface area contributed by atoms with Crippen LogP contribution in [0.1, 0.15) is 29.1 Å². The van der Waals surface area contributed by atoms with Crippen LogP contribution in [-0.2, 0) is 0 Å². The topological polar surface area (TPSA) is 67.9 Å². The smallest absolute Gasteiger partial charge is 0.170 e. The molecule has 0 amide bonds. The third-order valence-electron chi connectivity index (χ3n) is 3.29. The monoisotopic (exact) mass is 335 g/mol. The van der Waals surface area contributed by atoms with E-state index >= 15 is 0 Å².